The molecule has 0 aliphatic rings. The second kappa shape index (κ2) is 8.61. The summed E-state index contributed by atoms with van der Waals surface area (Å²) in [6.45, 7) is 0.527. The van der Waals surface area contributed by atoms with E-state index in [9.17, 15) is 0 Å². The van der Waals surface area contributed by atoms with Crippen LogP contribution in [-0.2, 0) is 6.54 Å². The average Bonchev–Trinajstić information content (AvgIpc) is 2.84. The lowest BCUT2D eigenvalue weighted by Gasteiger charge is -2.15. The van der Waals surface area contributed by atoms with Crippen molar-refractivity contribution in [2.75, 3.05) is 11.1 Å². The maximum Gasteiger partial charge on any atom is 0.169 e. The number of aromatic nitrogens is 4. The predicted molar refractivity (Wildman–Crippen MR) is 129 cm³/mol. The number of nitrogens with one attached hydrogen (secondary N) is 1. The Bertz CT molecular complexity index is 1390. The molecule has 2 aromatic carbocycles. The van der Waals surface area contributed by atoms with Crippen LogP contribution in [0.5, 0.6) is 0 Å². The van der Waals surface area contributed by atoms with E-state index in [-0.39, 0.29) is 0 Å². The molecule has 7 heteroatoms. The van der Waals surface area contributed by atoms with Crippen LogP contribution in [0.4, 0.5) is 11.6 Å². The molecule has 0 fully saturated rings. The predicted octanol–water partition coefficient (Wildman–Crippen LogP) is 5.60. The molecule has 5 aromatic rings. The summed E-state index contributed by atoms with van der Waals surface area (Å²) in [5, 5.41) is 4.77. The molecule has 5 rings (SSSR count). The molecule has 0 radical (unpaired) electrons. The number of anilines is 2. The van der Waals surface area contributed by atoms with E-state index in [0.29, 0.717) is 34.6 Å². The average molecular weight is 439 g/mol. The van der Waals surface area contributed by atoms with Crippen LogP contribution < -0.4 is 11.1 Å². The largest absolute Gasteiger partial charge is 0.381 e. The highest BCUT2D eigenvalue weighted by molar-refractivity contribution is 6.35. The lowest BCUT2D eigenvalue weighted by molar-refractivity contribution is 1.08. The summed E-state index contributed by atoms with van der Waals surface area (Å²) in [5.41, 5.74) is 11.2. The molecular formula is C25H19ClN6. The van der Waals surface area contributed by atoms with E-state index in [4.69, 9.17) is 27.3 Å². The molecule has 3 aromatic heterocycles. The Labute approximate surface area is 190 Å². The fraction of sp³-hybridized carbons (Fsp3) is 0.0400. The van der Waals surface area contributed by atoms with Crippen molar-refractivity contribution in [3.63, 3.8) is 0 Å². The number of nitrogens with two attached hydrogens (primary N) is 1. The van der Waals surface area contributed by atoms with E-state index in [1.807, 2.05) is 66.7 Å². The number of pyridine rings is 2. The summed E-state index contributed by atoms with van der Waals surface area (Å²) in [6.07, 6.45) is 5.27. The minimum absolute atomic E-state index is 0.324. The first-order chi connectivity index (χ1) is 15.7. The van der Waals surface area contributed by atoms with Crippen LogP contribution in [0.15, 0.2) is 85.3 Å². The van der Waals surface area contributed by atoms with E-state index >= 15 is 0 Å². The summed E-state index contributed by atoms with van der Waals surface area (Å²) in [6, 6.07) is 21.5. The zero-order chi connectivity index (χ0) is 21.9. The standard InChI is InChI=1S/C25H19ClN6/c26-20-13-19(12-18-9-5-11-29-21(18)20)23-22(17-7-2-1-3-8-17)31-24(27)25(32-23)30-15-16-6-4-10-28-14-16/h1-14H,15H2,(H2,27,31)(H,30,32). The van der Waals surface area contributed by atoms with Crippen molar-refractivity contribution in [2.45, 2.75) is 6.54 Å². The lowest BCUT2D eigenvalue weighted by Crippen LogP contribution is -2.08. The normalized spacial score (nSPS) is 10.9. The molecule has 0 aliphatic heterocycles. The Balaban J connectivity index is 1.65. The highest BCUT2D eigenvalue weighted by Gasteiger charge is 2.17. The van der Waals surface area contributed by atoms with Gasteiger partial charge in [-0.2, -0.15) is 0 Å². The molecule has 0 saturated carbocycles. The zero-order valence-corrected chi connectivity index (χ0v) is 17.8. The van der Waals surface area contributed by atoms with E-state index in [2.05, 4.69) is 15.3 Å². The number of rotatable bonds is 5. The minimum atomic E-state index is 0.324. The number of hydrogen-bond acceptors (Lipinski definition) is 6. The van der Waals surface area contributed by atoms with E-state index < -0.39 is 0 Å². The first kappa shape index (κ1) is 19.9. The molecule has 6 nitrogen and oxygen atoms in total. The third-order valence-electron chi connectivity index (χ3n) is 5.08. The summed E-state index contributed by atoms with van der Waals surface area (Å²) in [5.74, 6) is 0.830. The van der Waals surface area contributed by atoms with Crippen LogP contribution in [0.2, 0.25) is 5.02 Å². The maximum absolute atomic E-state index is 6.56. The van der Waals surface area contributed by atoms with Gasteiger partial charge in [0.25, 0.3) is 0 Å². The van der Waals surface area contributed by atoms with E-state index in [1.165, 1.54) is 0 Å². The SMILES string of the molecule is Nc1nc(-c2ccccc2)c(-c2cc(Cl)c3ncccc3c2)nc1NCc1cccnc1. The second-order valence-corrected chi connectivity index (χ2v) is 7.68. The molecule has 3 N–H and O–H groups in total. The van der Waals surface area contributed by atoms with Crippen molar-refractivity contribution >= 4 is 34.1 Å². The maximum atomic E-state index is 6.56. The van der Waals surface area contributed by atoms with Crippen molar-refractivity contribution in [3.05, 3.63) is 95.9 Å². The molecule has 0 amide bonds. The van der Waals surface area contributed by atoms with Gasteiger partial charge in [-0.25, -0.2) is 9.97 Å². The van der Waals surface area contributed by atoms with Gasteiger partial charge < -0.3 is 11.1 Å². The van der Waals surface area contributed by atoms with Gasteiger partial charge in [0, 0.05) is 41.6 Å². The second-order valence-electron chi connectivity index (χ2n) is 7.27. The fourth-order valence-electron chi connectivity index (χ4n) is 3.55. The van der Waals surface area contributed by atoms with Gasteiger partial charge in [-0.3, -0.25) is 9.97 Å². The summed E-state index contributed by atoms with van der Waals surface area (Å²) in [7, 11) is 0. The van der Waals surface area contributed by atoms with Gasteiger partial charge in [0.1, 0.15) is 0 Å². The third-order valence-corrected chi connectivity index (χ3v) is 5.37. The number of benzene rings is 2. The van der Waals surface area contributed by atoms with Crippen LogP contribution in [-0.4, -0.2) is 19.9 Å². The smallest absolute Gasteiger partial charge is 0.169 e. The van der Waals surface area contributed by atoms with Crippen molar-refractivity contribution in [3.8, 4) is 22.5 Å². The van der Waals surface area contributed by atoms with Crippen LogP contribution in [0.25, 0.3) is 33.4 Å². The Morgan fingerprint density at radius 1 is 0.844 bits per heavy atom. The van der Waals surface area contributed by atoms with Crippen LogP contribution in [0, 0.1) is 0 Å². The number of nitrogens with zero attached hydrogens (tertiary/aromatic N) is 4. The van der Waals surface area contributed by atoms with Crippen molar-refractivity contribution in [1.29, 1.82) is 0 Å². The van der Waals surface area contributed by atoms with Gasteiger partial charge in [0.05, 0.1) is 21.9 Å². The van der Waals surface area contributed by atoms with Gasteiger partial charge in [-0.15, -0.1) is 0 Å². The molecule has 0 spiro atoms. The van der Waals surface area contributed by atoms with Crippen LogP contribution in [0.3, 0.4) is 0 Å². The number of hydrogen-bond donors (Lipinski definition) is 2. The Morgan fingerprint density at radius 2 is 1.66 bits per heavy atom. The molecule has 0 atom stereocenters. The van der Waals surface area contributed by atoms with Gasteiger partial charge in [-0.05, 0) is 29.8 Å². The number of fused-ring (bicyclic) bond motifs is 1. The minimum Gasteiger partial charge on any atom is -0.381 e. The molecule has 0 aliphatic carbocycles. The van der Waals surface area contributed by atoms with E-state index in [1.54, 1.807) is 18.6 Å². The number of nitrogen functional groups attached to an aromatic ring is 1. The highest BCUT2D eigenvalue weighted by atomic mass is 35.5. The molecule has 32 heavy (non-hydrogen) atoms. The van der Waals surface area contributed by atoms with Crippen LogP contribution >= 0.6 is 11.6 Å². The Kier molecular flexibility index (Phi) is 5.35. The molecule has 0 bridgehead atoms. The Morgan fingerprint density at radius 3 is 2.47 bits per heavy atom. The van der Waals surface area contributed by atoms with Gasteiger partial charge in [0.15, 0.2) is 11.6 Å². The first-order valence-electron chi connectivity index (χ1n) is 10.1. The fourth-order valence-corrected chi connectivity index (χ4v) is 3.83. The molecular weight excluding hydrogens is 420 g/mol. The first-order valence-corrected chi connectivity index (χ1v) is 10.5. The van der Waals surface area contributed by atoms with Crippen LogP contribution in [0.1, 0.15) is 5.56 Å². The molecule has 0 saturated heterocycles. The quantitative estimate of drug-likeness (QED) is 0.371. The number of halogens is 1. The lowest BCUT2D eigenvalue weighted by atomic mass is 10.0. The summed E-state index contributed by atoms with van der Waals surface area (Å²) in [4.78, 5) is 18.1. The summed E-state index contributed by atoms with van der Waals surface area (Å²) >= 11 is 6.56. The monoisotopic (exact) mass is 438 g/mol. The van der Waals surface area contributed by atoms with Gasteiger partial charge in [-0.1, -0.05) is 54.1 Å². The van der Waals surface area contributed by atoms with Gasteiger partial charge in [0.2, 0.25) is 0 Å². The van der Waals surface area contributed by atoms with Crippen molar-refractivity contribution < 1.29 is 0 Å². The topological polar surface area (TPSA) is 89.6 Å². The third kappa shape index (κ3) is 3.96. The Hall–Kier alpha value is -4.03. The highest BCUT2D eigenvalue weighted by Crippen LogP contribution is 2.35. The van der Waals surface area contributed by atoms with Crippen molar-refractivity contribution in [1.82, 2.24) is 19.9 Å². The molecule has 0 unspecified atom stereocenters. The van der Waals surface area contributed by atoms with Gasteiger partial charge >= 0.3 is 0 Å². The zero-order valence-electron chi connectivity index (χ0n) is 17.0. The van der Waals surface area contributed by atoms with Crippen molar-refractivity contribution in [2.24, 2.45) is 0 Å². The summed E-state index contributed by atoms with van der Waals surface area (Å²) < 4.78 is 0. The van der Waals surface area contributed by atoms with E-state index in [0.717, 1.165) is 27.6 Å². The molecule has 3 heterocycles. The molecule has 156 valence electrons.